The molecule has 0 saturated carbocycles. The number of nitrogens with one attached hydrogen (secondary N) is 1. The number of aromatic nitrogens is 2. The molecule has 0 aliphatic carbocycles. The number of ether oxygens (including phenoxy) is 3. The average Bonchev–Trinajstić information content (AvgIpc) is 3.62. The summed E-state index contributed by atoms with van der Waals surface area (Å²) in [5, 5.41) is 12.3. The fourth-order valence-electron chi connectivity index (χ4n) is 5.71. The van der Waals surface area contributed by atoms with Crippen LogP contribution < -0.4 is 5.32 Å². The number of aliphatic hydroxyl groups excluding tert-OH is 1. The molecule has 4 aromatic carbocycles. The monoisotopic (exact) mass is 603 g/mol. The lowest BCUT2D eigenvalue weighted by Crippen LogP contribution is -2.32. The highest BCUT2D eigenvalue weighted by molar-refractivity contribution is 6.15. The van der Waals surface area contributed by atoms with Crippen LogP contribution in [-0.2, 0) is 33.9 Å². The fourth-order valence-corrected chi connectivity index (χ4v) is 5.71. The minimum absolute atomic E-state index is 0.0242. The number of aliphatic hydroxyl groups is 1. The molecular formula is C35H29N3O7. The molecule has 3 atom stereocenters. The summed E-state index contributed by atoms with van der Waals surface area (Å²) in [6.07, 6.45) is 1.46. The molecule has 1 amide bonds. The third-order valence-corrected chi connectivity index (χ3v) is 8.15. The zero-order valence-electron chi connectivity index (χ0n) is 24.1. The first-order valence-corrected chi connectivity index (χ1v) is 14.6. The normalized spacial score (nSPS) is 19.4. The van der Waals surface area contributed by atoms with Crippen molar-refractivity contribution in [2.24, 2.45) is 0 Å². The van der Waals surface area contributed by atoms with E-state index in [1.807, 2.05) is 79.1 Å². The maximum absolute atomic E-state index is 12.8. The molecule has 5 aromatic rings. The van der Waals surface area contributed by atoms with Gasteiger partial charge in [-0.3, -0.25) is 4.79 Å². The molecule has 2 N–H and O–H groups in total. The number of hydrogen-bond acceptors (Lipinski definition) is 8. The number of hydrogen-bond donors (Lipinski definition) is 2. The van der Waals surface area contributed by atoms with Gasteiger partial charge in [0, 0.05) is 24.1 Å². The first-order chi connectivity index (χ1) is 21.9. The molecule has 2 aliphatic rings. The van der Waals surface area contributed by atoms with Crippen molar-refractivity contribution in [3.8, 4) is 0 Å². The van der Waals surface area contributed by atoms with E-state index in [0.29, 0.717) is 13.0 Å². The predicted octanol–water partition coefficient (Wildman–Crippen LogP) is 5.01. The Labute approximate surface area is 258 Å². The van der Waals surface area contributed by atoms with E-state index >= 15 is 0 Å². The van der Waals surface area contributed by atoms with Crippen molar-refractivity contribution < 1.29 is 33.7 Å². The number of para-hydroxylation sites is 2. The molecule has 2 aliphatic heterocycles. The Morgan fingerprint density at radius 2 is 1.60 bits per heavy atom. The highest BCUT2D eigenvalue weighted by Crippen LogP contribution is 2.38. The van der Waals surface area contributed by atoms with Crippen molar-refractivity contribution in [1.29, 1.82) is 0 Å². The predicted molar refractivity (Wildman–Crippen MR) is 162 cm³/mol. The summed E-state index contributed by atoms with van der Waals surface area (Å²) >= 11 is 0. The van der Waals surface area contributed by atoms with Crippen LogP contribution in [0.4, 0.5) is 0 Å². The molecule has 1 fully saturated rings. The first kappa shape index (κ1) is 28.6. The van der Waals surface area contributed by atoms with Gasteiger partial charge in [0.1, 0.15) is 0 Å². The molecular weight excluding hydrogens is 574 g/mol. The highest BCUT2D eigenvalue weighted by Gasteiger charge is 2.33. The number of cyclic esters (lactones) is 2. The van der Waals surface area contributed by atoms with Gasteiger partial charge in [0.05, 0.1) is 53.8 Å². The minimum atomic E-state index is -0.752. The summed E-state index contributed by atoms with van der Waals surface area (Å²) in [6, 6.07) is 27.7. The second-order valence-electron chi connectivity index (χ2n) is 11.1. The van der Waals surface area contributed by atoms with Gasteiger partial charge in [-0.15, -0.1) is 0 Å². The second-order valence-corrected chi connectivity index (χ2v) is 11.1. The number of rotatable bonds is 8. The minimum Gasteiger partial charge on any atom is -0.392 e. The molecule has 3 heterocycles. The lowest BCUT2D eigenvalue weighted by atomic mass is 9.99. The standard InChI is InChI=1S/C35H29N3O7/c39-19-22-7-9-23(10-8-22)31-16-26(18-38-20-37-29-3-1-2-4-30(29)38)43-35(44-31)24-11-5-21(6-12-24)17-36-32(40)25-13-14-27-28(15-25)34(42)45-33(27)41/h1-15,20,26,31,35,39H,16-19H2,(H,36,40)/t26-,31+,35?/m0/s1. The third-order valence-electron chi connectivity index (χ3n) is 8.15. The van der Waals surface area contributed by atoms with E-state index in [9.17, 15) is 19.5 Å². The van der Waals surface area contributed by atoms with Crippen LogP contribution in [0.5, 0.6) is 0 Å². The summed E-state index contributed by atoms with van der Waals surface area (Å²) in [5.74, 6) is -1.84. The van der Waals surface area contributed by atoms with Crippen LogP contribution in [0.15, 0.2) is 97.3 Å². The van der Waals surface area contributed by atoms with E-state index in [-0.39, 0.29) is 48.0 Å². The molecule has 226 valence electrons. The Bertz CT molecular complexity index is 1900. The fraction of sp³-hybridized carbons (Fsp3) is 0.200. The van der Waals surface area contributed by atoms with Crippen LogP contribution in [0.25, 0.3) is 11.0 Å². The van der Waals surface area contributed by atoms with Gasteiger partial charge in [0.25, 0.3) is 5.91 Å². The van der Waals surface area contributed by atoms with Crippen molar-refractivity contribution in [3.63, 3.8) is 0 Å². The molecule has 7 rings (SSSR count). The summed E-state index contributed by atoms with van der Waals surface area (Å²) < 4.78 is 19.7. The van der Waals surface area contributed by atoms with Crippen molar-refractivity contribution in [1.82, 2.24) is 14.9 Å². The summed E-state index contributed by atoms with van der Waals surface area (Å²) in [7, 11) is 0. The molecule has 10 heteroatoms. The van der Waals surface area contributed by atoms with Crippen LogP contribution in [-0.4, -0.2) is 38.6 Å². The lowest BCUT2D eigenvalue weighted by molar-refractivity contribution is -0.252. The molecule has 45 heavy (non-hydrogen) atoms. The van der Waals surface area contributed by atoms with Gasteiger partial charge in [-0.1, -0.05) is 60.7 Å². The number of amides is 1. The number of esters is 2. The zero-order chi connectivity index (χ0) is 30.9. The number of benzene rings is 4. The maximum Gasteiger partial charge on any atom is 0.346 e. The van der Waals surface area contributed by atoms with Gasteiger partial charge < -0.3 is 29.2 Å². The Kier molecular flexibility index (Phi) is 7.68. The first-order valence-electron chi connectivity index (χ1n) is 14.6. The van der Waals surface area contributed by atoms with Gasteiger partial charge in [0.2, 0.25) is 0 Å². The Hall–Kier alpha value is -5.16. The van der Waals surface area contributed by atoms with Crippen molar-refractivity contribution >= 4 is 28.9 Å². The number of imidazole rings is 1. The third kappa shape index (κ3) is 5.86. The molecule has 1 saturated heterocycles. The SMILES string of the molecule is O=C(NCc1ccc(C2O[C@H](Cn3cnc4ccccc43)C[C@H](c3ccc(CO)cc3)O2)cc1)c1ccc2c(c1)C(=O)OC2=O. The molecule has 0 radical (unpaired) electrons. The van der Waals surface area contributed by atoms with Gasteiger partial charge in [0.15, 0.2) is 6.29 Å². The number of fused-ring (bicyclic) bond motifs is 2. The Morgan fingerprint density at radius 3 is 2.40 bits per heavy atom. The lowest BCUT2D eigenvalue weighted by Gasteiger charge is -2.36. The Balaban J connectivity index is 1.06. The molecule has 0 spiro atoms. The van der Waals surface area contributed by atoms with Gasteiger partial charge >= 0.3 is 11.9 Å². The van der Waals surface area contributed by atoms with E-state index in [2.05, 4.69) is 19.6 Å². The van der Waals surface area contributed by atoms with Crippen LogP contribution in [0.3, 0.4) is 0 Å². The highest BCUT2D eigenvalue weighted by atomic mass is 16.7. The van der Waals surface area contributed by atoms with Crippen LogP contribution >= 0.6 is 0 Å². The summed E-state index contributed by atoms with van der Waals surface area (Å²) in [4.78, 5) is 40.8. The van der Waals surface area contributed by atoms with E-state index in [0.717, 1.165) is 33.3 Å². The van der Waals surface area contributed by atoms with Crippen molar-refractivity contribution in [2.75, 3.05) is 0 Å². The second kappa shape index (κ2) is 12.1. The maximum atomic E-state index is 12.8. The largest absolute Gasteiger partial charge is 0.392 e. The van der Waals surface area contributed by atoms with E-state index < -0.39 is 18.2 Å². The van der Waals surface area contributed by atoms with Crippen LogP contribution in [0.1, 0.15) is 72.1 Å². The smallest absolute Gasteiger partial charge is 0.346 e. The molecule has 1 unspecified atom stereocenters. The van der Waals surface area contributed by atoms with Crippen LogP contribution in [0.2, 0.25) is 0 Å². The van der Waals surface area contributed by atoms with Gasteiger partial charge in [-0.2, -0.15) is 0 Å². The van der Waals surface area contributed by atoms with Crippen molar-refractivity contribution in [3.05, 3.63) is 136 Å². The van der Waals surface area contributed by atoms with E-state index in [1.54, 1.807) is 0 Å². The van der Waals surface area contributed by atoms with E-state index in [1.165, 1.54) is 18.2 Å². The molecule has 0 bridgehead atoms. The number of nitrogens with zero attached hydrogens (tertiary/aromatic N) is 2. The van der Waals surface area contributed by atoms with Gasteiger partial charge in [-0.05, 0) is 47.0 Å². The number of carbonyl (C=O) groups excluding carboxylic acids is 3. The topological polar surface area (TPSA) is 129 Å². The zero-order valence-corrected chi connectivity index (χ0v) is 24.1. The number of carbonyl (C=O) groups is 3. The summed E-state index contributed by atoms with van der Waals surface area (Å²) in [5.41, 5.74) is 6.00. The Morgan fingerprint density at radius 1 is 0.867 bits per heavy atom. The average molecular weight is 604 g/mol. The van der Waals surface area contributed by atoms with Gasteiger partial charge in [-0.25, -0.2) is 14.6 Å². The molecule has 1 aromatic heterocycles. The summed E-state index contributed by atoms with van der Waals surface area (Å²) in [6.45, 7) is 0.829. The van der Waals surface area contributed by atoms with E-state index in [4.69, 9.17) is 9.47 Å². The van der Waals surface area contributed by atoms with Crippen molar-refractivity contribution in [2.45, 2.75) is 44.6 Å². The quantitative estimate of drug-likeness (QED) is 0.187. The van der Waals surface area contributed by atoms with Crippen LogP contribution in [0, 0.1) is 0 Å². The molecule has 10 nitrogen and oxygen atoms in total.